The number of Topliss-reactive ketones (excluding diaryl/α,β-unsaturated/α-hetero) is 1. The van der Waals surface area contributed by atoms with E-state index in [0.29, 0.717) is 0 Å². The highest BCUT2D eigenvalue weighted by Crippen LogP contribution is 2.29. The maximum Gasteiger partial charge on any atom is 0.177 e. The minimum absolute atomic E-state index is 0.0598. The lowest BCUT2D eigenvalue weighted by atomic mass is 9.98. The predicted octanol–water partition coefficient (Wildman–Crippen LogP) is 2.64. The summed E-state index contributed by atoms with van der Waals surface area (Å²) in [6.45, 7) is 0. The average molecular weight is 231 g/mol. The molecule has 2 rings (SSSR count). The van der Waals surface area contributed by atoms with Crippen LogP contribution in [0.5, 0.6) is 0 Å². The Kier molecular flexibility index (Phi) is 1.85. The number of hydrogen-bond donors (Lipinski definition) is 0. The second-order valence-corrected chi connectivity index (χ2v) is 4.73. The third-order valence-electron chi connectivity index (χ3n) is 1.92. The zero-order chi connectivity index (χ0) is 7.84. The van der Waals surface area contributed by atoms with Gasteiger partial charge in [-0.1, -0.05) is 15.9 Å². The number of rotatable bonds is 0. The molecule has 0 unspecified atom stereocenters. The maximum absolute atomic E-state index is 11.4. The van der Waals surface area contributed by atoms with E-state index in [1.165, 1.54) is 4.88 Å². The Labute approximate surface area is 77.6 Å². The Morgan fingerprint density at radius 2 is 2.45 bits per heavy atom. The molecule has 1 aliphatic carbocycles. The van der Waals surface area contributed by atoms with Gasteiger partial charge in [-0.2, -0.15) is 0 Å². The number of halogens is 1. The van der Waals surface area contributed by atoms with Crippen molar-refractivity contribution in [2.24, 2.45) is 0 Å². The molecule has 3 heteroatoms. The molecule has 1 aromatic heterocycles. The summed E-state index contributed by atoms with van der Waals surface area (Å²) < 4.78 is 0. The van der Waals surface area contributed by atoms with Crippen molar-refractivity contribution < 1.29 is 4.79 Å². The largest absolute Gasteiger partial charge is 0.293 e. The van der Waals surface area contributed by atoms with Crippen molar-refractivity contribution >= 4 is 33.0 Å². The van der Waals surface area contributed by atoms with Gasteiger partial charge >= 0.3 is 0 Å². The van der Waals surface area contributed by atoms with Gasteiger partial charge in [0.25, 0.3) is 0 Å². The van der Waals surface area contributed by atoms with Crippen LogP contribution in [0, 0.1) is 0 Å². The minimum atomic E-state index is 0.0598. The third-order valence-corrected chi connectivity index (χ3v) is 3.77. The van der Waals surface area contributed by atoms with Crippen LogP contribution in [0.15, 0.2) is 11.4 Å². The van der Waals surface area contributed by atoms with Crippen molar-refractivity contribution in [1.29, 1.82) is 0 Å². The highest BCUT2D eigenvalue weighted by atomic mass is 79.9. The Hall–Kier alpha value is -0.150. The van der Waals surface area contributed by atoms with E-state index in [2.05, 4.69) is 15.9 Å². The molecule has 0 fully saturated rings. The molecule has 0 saturated carbocycles. The second-order valence-electron chi connectivity index (χ2n) is 2.63. The molecule has 1 aromatic rings. The van der Waals surface area contributed by atoms with E-state index < -0.39 is 0 Å². The van der Waals surface area contributed by atoms with Gasteiger partial charge in [-0.15, -0.1) is 11.3 Å². The van der Waals surface area contributed by atoms with Crippen molar-refractivity contribution in [2.75, 3.05) is 0 Å². The lowest BCUT2D eigenvalue weighted by molar-refractivity contribution is 0.0982. The van der Waals surface area contributed by atoms with Crippen molar-refractivity contribution in [1.82, 2.24) is 0 Å². The van der Waals surface area contributed by atoms with E-state index in [0.717, 1.165) is 18.4 Å². The number of carbonyl (C=O) groups is 1. The van der Waals surface area contributed by atoms with Gasteiger partial charge in [-0.05, 0) is 24.3 Å². The van der Waals surface area contributed by atoms with Crippen LogP contribution in [0.3, 0.4) is 0 Å². The Balaban J connectivity index is 2.46. The molecule has 1 heterocycles. The number of alkyl halides is 1. The topological polar surface area (TPSA) is 17.1 Å². The van der Waals surface area contributed by atoms with Crippen molar-refractivity contribution in [3.05, 3.63) is 21.9 Å². The van der Waals surface area contributed by atoms with Gasteiger partial charge in [0.15, 0.2) is 5.78 Å². The molecular formula is C8H7BrOS. The zero-order valence-electron chi connectivity index (χ0n) is 5.84. The number of ketones is 1. The van der Waals surface area contributed by atoms with Crippen molar-refractivity contribution in [2.45, 2.75) is 17.7 Å². The quantitative estimate of drug-likeness (QED) is 0.627. The first-order chi connectivity index (χ1) is 5.29. The number of aryl methyl sites for hydroxylation is 1. The van der Waals surface area contributed by atoms with Crippen LogP contribution in [0.2, 0.25) is 0 Å². The molecule has 1 aliphatic rings. The zero-order valence-corrected chi connectivity index (χ0v) is 8.24. The van der Waals surface area contributed by atoms with E-state index in [1.807, 2.05) is 11.4 Å². The summed E-state index contributed by atoms with van der Waals surface area (Å²) in [5.74, 6) is 0.257. The number of thiophene rings is 1. The van der Waals surface area contributed by atoms with Crippen LogP contribution in [0.4, 0.5) is 0 Å². The van der Waals surface area contributed by atoms with E-state index in [-0.39, 0.29) is 10.6 Å². The van der Waals surface area contributed by atoms with Crippen LogP contribution in [-0.4, -0.2) is 10.6 Å². The second kappa shape index (κ2) is 2.72. The summed E-state index contributed by atoms with van der Waals surface area (Å²) in [6, 6.07) is 1.93. The molecule has 0 N–H and O–H groups in total. The molecule has 58 valence electrons. The SMILES string of the molecule is O=C1c2ccsc2CC[C@H]1Br. The summed E-state index contributed by atoms with van der Waals surface area (Å²) >= 11 is 5.05. The first-order valence-electron chi connectivity index (χ1n) is 3.53. The van der Waals surface area contributed by atoms with Gasteiger partial charge in [0.2, 0.25) is 0 Å². The molecule has 1 nitrogen and oxygen atoms in total. The van der Waals surface area contributed by atoms with Crippen LogP contribution < -0.4 is 0 Å². The Morgan fingerprint density at radius 3 is 3.27 bits per heavy atom. The van der Waals surface area contributed by atoms with Gasteiger partial charge in [0.05, 0.1) is 4.83 Å². The Bertz CT molecular complexity index is 292. The Morgan fingerprint density at radius 1 is 1.64 bits per heavy atom. The summed E-state index contributed by atoms with van der Waals surface area (Å²) in [7, 11) is 0. The summed E-state index contributed by atoms with van der Waals surface area (Å²) in [4.78, 5) is 12.8. The van der Waals surface area contributed by atoms with E-state index in [1.54, 1.807) is 11.3 Å². The maximum atomic E-state index is 11.4. The average Bonchev–Trinajstić information content (AvgIpc) is 2.45. The van der Waals surface area contributed by atoms with E-state index in [9.17, 15) is 4.79 Å². The van der Waals surface area contributed by atoms with Gasteiger partial charge in [-0.3, -0.25) is 4.79 Å². The molecule has 11 heavy (non-hydrogen) atoms. The fourth-order valence-corrected chi connectivity index (χ4v) is 2.69. The molecule has 1 atom stereocenters. The molecule has 0 saturated heterocycles. The minimum Gasteiger partial charge on any atom is -0.293 e. The molecular weight excluding hydrogens is 224 g/mol. The van der Waals surface area contributed by atoms with Crippen LogP contribution >= 0.6 is 27.3 Å². The van der Waals surface area contributed by atoms with Gasteiger partial charge in [-0.25, -0.2) is 0 Å². The van der Waals surface area contributed by atoms with Crippen LogP contribution in [0.1, 0.15) is 21.7 Å². The van der Waals surface area contributed by atoms with Crippen molar-refractivity contribution in [3.8, 4) is 0 Å². The smallest absolute Gasteiger partial charge is 0.177 e. The first-order valence-corrected chi connectivity index (χ1v) is 5.33. The molecule has 0 aromatic carbocycles. The lowest BCUT2D eigenvalue weighted by Gasteiger charge is -2.14. The van der Waals surface area contributed by atoms with Gasteiger partial charge in [0, 0.05) is 10.4 Å². The molecule has 0 radical (unpaired) electrons. The first kappa shape index (κ1) is 7.50. The normalized spacial score (nSPS) is 23.4. The summed E-state index contributed by atoms with van der Waals surface area (Å²) in [6.07, 6.45) is 2.00. The number of carbonyl (C=O) groups excluding carboxylic acids is 1. The molecule has 0 bridgehead atoms. The molecule has 0 amide bonds. The highest BCUT2D eigenvalue weighted by molar-refractivity contribution is 9.10. The summed E-state index contributed by atoms with van der Waals surface area (Å²) in [5, 5.41) is 1.99. The fourth-order valence-electron chi connectivity index (χ4n) is 1.31. The monoisotopic (exact) mass is 230 g/mol. The highest BCUT2D eigenvalue weighted by Gasteiger charge is 2.25. The number of fused-ring (bicyclic) bond motifs is 1. The van der Waals surface area contributed by atoms with E-state index in [4.69, 9.17) is 0 Å². The molecule has 0 aliphatic heterocycles. The third kappa shape index (κ3) is 1.16. The van der Waals surface area contributed by atoms with Crippen LogP contribution in [0.25, 0.3) is 0 Å². The number of hydrogen-bond acceptors (Lipinski definition) is 2. The molecule has 0 spiro atoms. The lowest BCUT2D eigenvalue weighted by Crippen LogP contribution is -2.20. The van der Waals surface area contributed by atoms with Crippen molar-refractivity contribution in [3.63, 3.8) is 0 Å². The van der Waals surface area contributed by atoms with Gasteiger partial charge in [0.1, 0.15) is 0 Å². The predicted molar refractivity (Wildman–Crippen MR) is 49.7 cm³/mol. The van der Waals surface area contributed by atoms with Gasteiger partial charge < -0.3 is 0 Å². The fraction of sp³-hybridized carbons (Fsp3) is 0.375. The van der Waals surface area contributed by atoms with E-state index >= 15 is 0 Å². The summed E-state index contributed by atoms with van der Waals surface area (Å²) in [5.41, 5.74) is 0.933. The van der Waals surface area contributed by atoms with Crippen LogP contribution in [-0.2, 0) is 6.42 Å². The standard InChI is InChI=1S/C8H7BrOS/c9-6-1-2-7-5(8(6)10)3-4-11-7/h3-4,6H,1-2H2/t6-/m1/s1.